The van der Waals surface area contributed by atoms with Crippen LogP contribution < -0.4 is 11.1 Å². The molecule has 2 aliphatic rings. The number of hydrogen-bond acceptors (Lipinski definition) is 6. The molecule has 0 saturated carbocycles. The zero-order valence-electron chi connectivity index (χ0n) is 10.8. The van der Waals surface area contributed by atoms with Crippen molar-refractivity contribution in [2.75, 3.05) is 5.73 Å². The van der Waals surface area contributed by atoms with E-state index >= 15 is 0 Å². The quantitative estimate of drug-likeness (QED) is 0.359. The zero-order chi connectivity index (χ0) is 15.3. The number of nitrogens with zero attached hydrogens (tertiary/aromatic N) is 1. The second-order valence-electron chi connectivity index (χ2n) is 4.87. The Labute approximate surface area is 118 Å². The number of rotatable bonds is 1. The molecule has 0 radical (unpaired) electrons. The van der Waals surface area contributed by atoms with Gasteiger partial charge < -0.3 is 10.8 Å². The number of amides is 4. The molecular formula is C13H11N3O5. The van der Waals surface area contributed by atoms with Gasteiger partial charge in [-0.2, -0.15) is 0 Å². The van der Waals surface area contributed by atoms with Gasteiger partial charge in [-0.1, -0.05) is 0 Å². The van der Waals surface area contributed by atoms with Crippen molar-refractivity contribution in [1.29, 1.82) is 0 Å². The van der Waals surface area contributed by atoms with Gasteiger partial charge in [0.15, 0.2) is 5.75 Å². The monoisotopic (exact) mass is 289 g/mol. The van der Waals surface area contributed by atoms with Crippen LogP contribution in [0.2, 0.25) is 0 Å². The molecule has 3 rings (SSSR count). The Morgan fingerprint density at radius 1 is 1.19 bits per heavy atom. The van der Waals surface area contributed by atoms with Gasteiger partial charge in [-0.15, -0.1) is 0 Å². The standard InChI is InChI=1S/C13H11N3O5/c14-6-2-1-5-9(10(6)18)13(21)16(12(5)20)7-3-4-8(17)15-11(7)19/h1-2,7,18H,3-4,14H2,(H,15,17,19). The van der Waals surface area contributed by atoms with Gasteiger partial charge in [-0.25, -0.2) is 0 Å². The first-order chi connectivity index (χ1) is 9.91. The van der Waals surface area contributed by atoms with E-state index in [2.05, 4.69) is 5.32 Å². The summed E-state index contributed by atoms with van der Waals surface area (Å²) in [6.07, 6.45) is 0.102. The molecule has 21 heavy (non-hydrogen) atoms. The average molecular weight is 289 g/mol. The van der Waals surface area contributed by atoms with E-state index in [-0.39, 0.29) is 29.7 Å². The largest absolute Gasteiger partial charge is 0.505 e. The van der Waals surface area contributed by atoms with Gasteiger partial charge in [-0.05, 0) is 18.6 Å². The van der Waals surface area contributed by atoms with E-state index in [1.54, 1.807) is 0 Å². The van der Waals surface area contributed by atoms with Crippen LogP contribution in [0.5, 0.6) is 5.75 Å². The summed E-state index contributed by atoms with van der Waals surface area (Å²) in [6, 6.07) is 1.58. The number of phenols is 1. The van der Waals surface area contributed by atoms with Crippen LogP contribution in [0, 0.1) is 0 Å². The molecule has 8 heteroatoms. The fourth-order valence-corrected chi connectivity index (χ4v) is 2.56. The minimum absolute atomic E-state index is 0.00333. The molecule has 1 saturated heterocycles. The highest BCUT2D eigenvalue weighted by atomic mass is 16.3. The summed E-state index contributed by atoms with van der Waals surface area (Å²) >= 11 is 0. The minimum Gasteiger partial charge on any atom is -0.505 e. The van der Waals surface area contributed by atoms with E-state index in [9.17, 15) is 24.3 Å². The number of nitrogens with one attached hydrogen (secondary N) is 1. The molecule has 4 N–H and O–H groups in total. The van der Waals surface area contributed by atoms with Crippen molar-refractivity contribution in [2.45, 2.75) is 18.9 Å². The molecule has 108 valence electrons. The molecular weight excluding hydrogens is 278 g/mol. The first-order valence-electron chi connectivity index (χ1n) is 6.25. The van der Waals surface area contributed by atoms with E-state index in [1.807, 2.05) is 0 Å². The van der Waals surface area contributed by atoms with Crippen molar-refractivity contribution in [3.8, 4) is 5.75 Å². The summed E-state index contributed by atoms with van der Waals surface area (Å²) in [5.74, 6) is -3.08. The second-order valence-corrected chi connectivity index (χ2v) is 4.87. The van der Waals surface area contributed by atoms with E-state index in [0.717, 1.165) is 4.90 Å². The van der Waals surface area contributed by atoms with Crippen molar-refractivity contribution < 1.29 is 24.3 Å². The molecule has 1 unspecified atom stereocenters. The van der Waals surface area contributed by atoms with Crippen LogP contribution in [0.15, 0.2) is 12.1 Å². The minimum atomic E-state index is -1.06. The van der Waals surface area contributed by atoms with Gasteiger partial charge in [0.2, 0.25) is 11.8 Å². The van der Waals surface area contributed by atoms with Gasteiger partial charge in [-0.3, -0.25) is 29.4 Å². The number of anilines is 1. The van der Waals surface area contributed by atoms with Crippen LogP contribution in [-0.2, 0) is 9.59 Å². The van der Waals surface area contributed by atoms with Gasteiger partial charge >= 0.3 is 0 Å². The highest BCUT2D eigenvalue weighted by Crippen LogP contribution is 2.36. The summed E-state index contributed by atoms with van der Waals surface area (Å²) in [7, 11) is 0. The molecule has 1 fully saturated rings. The average Bonchev–Trinajstić information content (AvgIpc) is 2.67. The van der Waals surface area contributed by atoms with Crippen molar-refractivity contribution >= 4 is 29.3 Å². The Hall–Kier alpha value is -2.90. The third-order valence-electron chi connectivity index (χ3n) is 3.61. The Kier molecular flexibility index (Phi) is 2.68. The van der Waals surface area contributed by atoms with Crippen molar-refractivity contribution in [3.05, 3.63) is 23.3 Å². The number of fused-ring (bicyclic) bond motifs is 1. The van der Waals surface area contributed by atoms with Crippen molar-refractivity contribution in [1.82, 2.24) is 10.2 Å². The molecule has 1 atom stereocenters. The van der Waals surface area contributed by atoms with Crippen LogP contribution in [-0.4, -0.2) is 39.7 Å². The Bertz CT molecular complexity index is 712. The highest BCUT2D eigenvalue weighted by molar-refractivity contribution is 6.25. The summed E-state index contributed by atoms with van der Waals surface area (Å²) in [5.41, 5.74) is 5.28. The maximum atomic E-state index is 12.3. The summed E-state index contributed by atoms with van der Waals surface area (Å²) in [6.45, 7) is 0. The Balaban J connectivity index is 2.02. The number of imide groups is 2. The summed E-state index contributed by atoms with van der Waals surface area (Å²) in [4.78, 5) is 48.3. The van der Waals surface area contributed by atoms with E-state index in [4.69, 9.17) is 5.73 Å². The Morgan fingerprint density at radius 3 is 2.57 bits per heavy atom. The molecule has 4 amide bonds. The summed E-state index contributed by atoms with van der Waals surface area (Å²) in [5, 5.41) is 11.9. The number of benzene rings is 1. The smallest absolute Gasteiger partial charge is 0.266 e. The molecule has 0 bridgehead atoms. The molecule has 2 aliphatic heterocycles. The Morgan fingerprint density at radius 2 is 1.90 bits per heavy atom. The number of nitrogens with two attached hydrogens (primary N) is 1. The van der Waals surface area contributed by atoms with Crippen LogP contribution in [0.4, 0.5) is 5.69 Å². The maximum absolute atomic E-state index is 12.3. The first-order valence-corrected chi connectivity index (χ1v) is 6.25. The fraction of sp³-hybridized carbons (Fsp3) is 0.231. The third-order valence-corrected chi connectivity index (χ3v) is 3.61. The van der Waals surface area contributed by atoms with Gasteiger partial charge in [0.25, 0.3) is 11.8 Å². The van der Waals surface area contributed by atoms with Crippen molar-refractivity contribution in [3.63, 3.8) is 0 Å². The van der Waals surface area contributed by atoms with Crippen LogP contribution in [0.3, 0.4) is 0 Å². The highest BCUT2D eigenvalue weighted by Gasteiger charge is 2.46. The maximum Gasteiger partial charge on any atom is 0.266 e. The predicted octanol–water partition coefficient (Wildman–Crippen LogP) is -0.624. The number of hydrogen-bond donors (Lipinski definition) is 3. The lowest BCUT2D eigenvalue weighted by Gasteiger charge is -2.27. The molecule has 1 aromatic rings. The lowest BCUT2D eigenvalue weighted by Crippen LogP contribution is -2.54. The van der Waals surface area contributed by atoms with E-state index < -0.39 is 35.4 Å². The van der Waals surface area contributed by atoms with Crippen LogP contribution in [0.1, 0.15) is 33.6 Å². The number of carbonyl (C=O) groups is 4. The zero-order valence-corrected chi connectivity index (χ0v) is 10.8. The number of nitrogen functional groups attached to an aromatic ring is 1. The lowest BCUT2D eigenvalue weighted by atomic mass is 10.0. The fourth-order valence-electron chi connectivity index (χ4n) is 2.56. The van der Waals surface area contributed by atoms with Gasteiger partial charge in [0, 0.05) is 6.42 Å². The molecule has 8 nitrogen and oxygen atoms in total. The van der Waals surface area contributed by atoms with Gasteiger partial charge in [0.1, 0.15) is 6.04 Å². The van der Waals surface area contributed by atoms with Crippen LogP contribution in [0.25, 0.3) is 0 Å². The molecule has 0 spiro atoms. The predicted molar refractivity (Wildman–Crippen MR) is 69.2 cm³/mol. The first kappa shape index (κ1) is 13.1. The number of piperidine rings is 1. The van der Waals surface area contributed by atoms with E-state index in [0.29, 0.717) is 0 Å². The van der Waals surface area contributed by atoms with E-state index in [1.165, 1.54) is 12.1 Å². The molecule has 1 aromatic carbocycles. The normalized spacial score (nSPS) is 21.5. The topological polar surface area (TPSA) is 130 Å². The lowest BCUT2D eigenvalue weighted by molar-refractivity contribution is -0.136. The molecule has 2 heterocycles. The number of aromatic hydroxyl groups is 1. The van der Waals surface area contributed by atoms with Gasteiger partial charge in [0.05, 0.1) is 16.8 Å². The number of carbonyl (C=O) groups excluding carboxylic acids is 4. The SMILES string of the molecule is Nc1ccc2c(c1O)C(=O)N(C1CCC(=O)NC1=O)C2=O. The molecule has 0 aromatic heterocycles. The van der Waals surface area contributed by atoms with Crippen molar-refractivity contribution in [2.24, 2.45) is 0 Å². The summed E-state index contributed by atoms with van der Waals surface area (Å²) < 4.78 is 0. The van der Waals surface area contributed by atoms with Crippen LogP contribution >= 0.6 is 0 Å². The second kappa shape index (κ2) is 4.30. The molecule has 0 aliphatic carbocycles. The number of phenolic OH excluding ortho intramolecular Hbond substituents is 1. The third kappa shape index (κ3) is 1.76.